The van der Waals surface area contributed by atoms with E-state index in [1.165, 1.54) is 0 Å². The minimum Gasteiger partial charge on any atom is -0.493 e. The molecule has 4 aromatic rings. The van der Waals surface area contributed by atoms with Crippen LogP contribution < -0.4 is 10.1 Å². The zero-order valence-corrected chi connectivity index (χ0v) is 28.5. The van der Waals surface area contributed by atoms with Crippen molar-refractivity contribution in [3.63, 3.8) is 0 Å². The van der Waals surface area contributed by atoms with Gasteiger partial charge in [0.05, 0.1) is 18.9 Å². The predicted molar refractivity (Wildman–Crippen MR) is 191 cm³/mol. The predicted octanol–water partition coefficient (Wildman–Crippen LogP) is 7.05. The highest BCUT2D eigenvalue weighted by Gasteiger charge is 2.26. The third kappa shape index (κ3) is 8.37. The molecule has 2 aromatic heterocycles. The van der Waals surface area contributed by atoms with Crippen LogP contribution in [0.2, 0.25) is 0 Å². The molecule has 3 N–H and O–H groups in total. The standard InChI is InChI=1S/C39H47N5O5/c1-26-32(33-10-6-12-35(27(33)2)49-21-7-17-43-19-14-29(15-20-43)39(47)48)9-5-11-34(26)42-38-37-30(13-16-40-38)22-28(24-41-37)25-44-18-4-3-8-31(44)23-36(45)46/h5-6,9-13,16,22,24,29,31H,3-4,7-8,14-15,17-21,23,25H2,1-2H3,(H,40,42)(H,45,46)(H,47,48). The average molecular weight is 666 g/mol. The number of carboxylic acid groups (broad SMARTS) is 2. The van der Waals surface area contributed by atoms with Crippen LogP contribution in [0.5, 0.6) is 5.75 Å². The van der Waals surface area contributed by atoms with Gasteiger partial charge in [0.25, 0.3) is 0 Å². The van der Waals surface area contributed by atoms with Gasteiger partial charge < -0.3 is 25.2 Å². The van der Waals surface area contributed by atoms with Crippen LogP contribution in [0.15, 0.2) is 60.9 Å². The summed E-state index contributed by atoms with van der Waals surface area (Å²) in [5.41, 5.74) is 7.21. The molecule has 0 radical (unpaired) electrons. The van der Waals surface area contributed by atoms with Crippen molar-refractivity contribution in [1.82, 2.24) is 19.8 Å². The second-order valence-electron chi connectivity index (χ2n) is 13.5. The number of pyridine rings is 2. The highest BCUT2D eigenvalue weighted by Crippen LogP contribution is 2.36. The Bertz CT molecular complexity index is 1790. The van der Waals surface area contributed by atoms with Gasteiger partial charge in [-0.2, -0.15) is 0 Å². The number of nitrogens with one attached hydrogen (secondary N) is 1. The number of piperidine rings is 2. The number of fused-ring (bicyclic) bond motifs is 1. The normalized spacial score (nSPS) is 17.6. The van der Waals surface area contributed by atoms with E-state index >= 15 is 0 Å². The van der Waals surface area contributed by atoms with Gasteiger partial charge in [-0.25, -0.2) is 4.98 Å². The Balaban J connectivity index is 1.12. The van der Waals surface area contributed by atoms with Gasteiger partial charge in [-0.3, -0.25) is 19.5 Å². The third-order valence-electron chi connectivity index (χ3n) is 10.2. The number of hydrogen-bond donors (Lipinski definition) is 3. The number of ether oxygens (including phenoxy) is 1. The molecule has 49 heavy (non-hydrogen) atoms. The molecule has 2 aliphatic rings. The Kier molecular flexibility index (Phi) is 11.1. The summed E-state index contributed by atoms with van der Waals surface area (Å²) in [5, 5.41) is 23.2. The molecule has 1 unspecified atom stereocenters. The van der Waals surface area contributed by atoms with Gasteiger partial charge in [0.15, 0.2) is 5.82 Å². The Morgan fingerprint density at radius 1 is 0.939 bits per heavy atom. The van der Waals surface area contributed by atoms with Crippen molar-refractivity contribution in [2.24, 2.45) is 5.92 Å². The number of rotatable bonds is 13. The molecule has 0 spiro atoms. The molecular formula is C39H47N5O5. The summed E-state index contributed by atoms with van der Waals surface area (Å²) < 4.78 is 6.26. The van der Waals surface area contributed by atoms with E-state index in [4.69, 9.17) is 9.72 Å². The third-order valence-corrected chi connectivity index (χ3v) is 10.2. The lowest BCUT2D eigenvalue weighted by Gasteiger charge is -2.34. The van der Waals surface area contributed by atoms with Crippen LogP contribution in [0, 0.1) is 19.8 Å². The van der Waals surface area contributed by atoms with Crippen LogP contribution in [0.3, 0.4) is 0 Å². The minimum absolute atomic E-state index is 0.0593. The Morgan fingerprint density at radius 2 is 1.71 bits per heavy atom. The number of likely N-dealkylation sites (tertiary alicyclic amines) is 2. The number of benzene rings is 2. The second-order valence-corrected chi connectivity index (χ2v) is 13.5. The first-order valence-corrected chi connectivity index (χ1v) is 17.5. The quantitative estimate of drug-likeness (QED) is 0.128. The highest BCUT2D eigenvalue weighted by atomic mass is 16.5. The van der Waals surface area contributed by atoms with Crippen LogP contribution in [0.25, 0.3) is 22.0 Å². The van der Waals surface area contributed by atoms with Crippen molar-refractivity contribution in [2.45, 2.75) is 71.4 Å². The van der Waals surface area contributed by atoms with Crippen LogP contribution in [0.1, 0.15) is 61.6 Å². The lowest BCUT2D eigenvalue weighted by molar-refractivity contribution is -0.143. The molecule has 10 heteroatoms. The smallest absolute Gasteiger partial charge is 0.306 e. The first-order valence-electron chi connectivity index (χ1n) is 17.5. The zero-order chi connectivity index (χ0) is 34.3. The van der Waals surface area contributed by atoms with Gasteiger partial charge in [0.2, 0.25) is 0 Å². The molecule has 1 atom stereocenters. The summed E-state index contributed by atoms with van der Waals surface area (Å²) in [5.74, 6) is -0.0717. The number of aliphatic carboxylic acids is 2. The fourth-order valence-corrected chi connectivity index (χ4v) is 7.35. The topological polar surface area (TPSA) is 128 Å². The van der Waals surface area contributed by atoms with E-state index in [1.807, 2.05) is 30.5 Å². The molecule has 0 bridgehead atoms. The first-order chi connectivity index (χ1) is 23.8. The SMILES string of the molecule is Cc1c(Nc2nccc3cc(CN4CCCCC4CC(=O)O)cnc23)cccc1-c1cccc(OCCCN2CCC(C(=O)O)CC2)c1C. The lowest BCUT2D eigenvalue weighted by Crippen LogP contribution is -2.40. The number of carboxylic acids is 2. The van der Waals surface area contributed by atoms with E-state index in [0.29, 0.717) is 19.0 Å². The Labute approximate surface area is 288 Å². The second kappa shape index (κ2) is 15.8. The van der Waals surface area contributed by atoms with E-state index in [9.17, 15) is 19.8 Å². The number of nitrogens with zero attached hydrogens (tertiary/aromatic N) is 4. The van der Waals surface area contributed by atoms with Crippen molar-refractivity contribution in [2.75, 3.05) is 38.1 Å². The number of anilines is 2. The van der Waals surface area contributed by atoms with Crippen LogP contribution >= 0.6 is 0 Å². The van der Waals surface area contributed by atoms with Gasteiger partial charge in [-0.05, 0) is 118 Å². The van der Waals surface area contributed by atoms with E-state index < -0.39 is 11.9 Å². The summed E-state index contributed by atoms with van der Waals surface area (Å²) in [4.78, 5) is 36.8. The Hall–Kier alpha value is -4.54. The van der Waals surface area contributed by atoms with Gasteiger partial charge in [-0.15, -0.1) is 0 Å². The maximum Gasteiger partial charge on any atom is 0.306 e. The summed E-state index contributed by atoms with van der Waals surface area (Å²) in [6.07, 6.45) is 9.26. The molecule has 2 saturated heterocycles. The fourth-order valence-electron chi connectivity index (χ4n) is 7.35. The van der Waals surface area contributed by atoms with Crippen LogP contribution in [-0.4, -0.2) is 80.7 Å². The minimum atomic E-state index is -0.745. The highest BCUT2D eigenvalue weighted by molar-refractivity contribution is 5.91. The van der Waals surface area contributed by atoms with E-state index in [2.05, 4.69) is 58.2 Å². The molecule has 2 aliphatic heterocycles. The molecule has 0 amide bonds. The molecule has 4 heterocycles. The van der Waals surface area contributed by atoms with Crippen molar-refractivity contribution in [3.05, 3.63) is 77.6 Å². The first kappa shape index (κ1) is 34.3. The molecule has 6 rings (SSSR count). The van der Waals surface area contributed by atoms with Crippen molar-refractivity contribution in [1.29, 1.82) is 0 Å². The summed E-state index contributed by atoms with van der Waals surface area (Å²) >= 11 is 0. The average Bonchev–Trinajstić information content (AvgIpc) is 3.09. The largest absolute Gasteiger partial charge is 0.493 e. The van der Waals surface area contributed by atoms with E-state index in [-0.39, 0.29) is 18.4 Å². The summed E-state index contributed by atoms with van der Waals surface area (Å²) in [7, 11) is 0. The molecule has 258 valence electrons. The number of carbonyl (C=O) groups is 2. The fraction of sp³-hybridized carbons (Fsp3) is 0.436. The van der Waals surface area contributed by atoms with Crippen LogP contribution in [-0.2, 0) is 16.1 Å². The molecular weight excluding hydrogens is 618 g/mol. The molecule has 10 nitrogen and oxygen atoms in total. The van der Waals surface area contributed by atoms with Gasteiger partial charge >= 0.3 is 11.9 Å². The monoisotopic (exact) mass is 665 g/mol. The van der Waals surface area contributed by atoms with Crippen molar-refractivity contribution < 1.29 is 24.5 Å². The van der Waals surface area contributed by atoms with Crippen molar-refractivity contribution in [3.8, 4) is 16.9 Å². The summed E-state index contributed by atoms with van der Waals surface area (Å²) in [6, 6.07) is 16.6. The molecule has 2 aromatic carbocycles. The molecule has 0 saturated carbocycles. The van der Waals surface area contributed by atoms with Gasteiger partial charge in [0, 0.05) is 42.6 Å². The van der Waals surface area contributed by atoms with Gasteiger partial charge in [-0.1, -0.05) is 30.7 Å². The maximum absolute atomic E-state index is 11.4. The number of aromatic nitrogens is 2. The molecule has 2 fully saturated rings. The van der Waals surface area contributed by atoms with E-state index in [1.54, 1.807) is 6.20 Å². The summed E-state index contributed by atoms with van der Waals surface area (Å²) in [6.45, 7) is 8.96. The van der Waals surface area contributed by atoms with Crippen LogP contribution in [0.4, 0.5) is 11.5 Å². The van der Waals surface area contributed by atoms with Crippen molar-refractivity contribution >= 4 is 34.3 Å². The number of hydrogen-bond acceptors (Lipinski definition) is 8. The Morgan fingerprint density at radius 3 is 2.49 bits per heavy atom. The maximum atomic E-state index is 11.4. The lowest BCUT2D eigenvalue weighted by atomic mass is 9.95. The van der Waals surface area contributed by atoms with E-state index in [0.717, 1.165) is 115 Å². The zero-order valence-electron chi connectivity index (χ0n) is 28.5. The molecule has 0 aliphatic carbocycles. The van der Waals surface area contributed by atoms with Gasteiger partial charge in [0.1, 0.15) is 11.3 Å².